The first-order valence-corrected chi connectivity index (χ1v) is 6.84. The predicted molar refractivity (Wildman–Crippen MR) is 81.2 cm³/mol. The molecule has 0 aliphatic rings. The van der Waals surface area contributed by atoms with Crippen LogP contribution in [0, 0.1) is 0 Å². The third-order valence-electron chi connectivity index (χ3n) is 2.89. The SMILES string of the molecule is CCC(C)NC(=O)C/C(C)=N/NC(=O)c1cccc(O)c1. The number of phenols is 1. The summed E-state index contributed by atoms with van der Waals surface area (Å²) < 4.78 is 0. The lowest BCUT2D eigenvalue weighted by Gasteiger charge is -2.11. The van der Waals surface area contributed by atoms with E-state index in [1.165, 1.54) is 12.1 Å². The molecule has 1 unspecified atom stereocenters. The first kappa shape index (κ1) is 16.7. The molecule has 0 aliphatic heterocycles. The Labute approximate surface area is 124 Å². The fourth-order valence-corrected chi connectivity index (χ4v) is 1.56. The fraction of sp³-hybridized carbons (Fsp3) is 0.400. The molecule has 6 nitrogen and oxygen atoms in total. The third-order valence-corrected chi connectivity index (χ3v) is 2.89. The molecule has 0 saturated heterocycles. The number of phenolic OH excluding ortho intramolecular Hbond substituents is 1. The van der Waals surface area contributed by atoms with Crippen molar-refractivity contribution in [3.8, 4) is 5.75 Å². The normalized spacial score (nSPS) is 12.6. The molecule has 1 aromatic rings. The van der Waals surface area contributed by atoms with Gasteiger partial charge in [0.15, 0.2) is 0 Å². The maximum Gasteiger partial charge on any atom is 0.271 e. The molecule has 2 amide bonds. The van der Waals surface area contributed by atoms with Crippen LogP contribution in [-0.2, 0) is 4.79 Å². The highest BCUT2D eigenvalue weighted by atomic mass is 16.3. The van der Waals surface area contributed by atoms with Crippen LogP contribution in [0.25, 0.3) is 0 Å². The summed E-state index contributed by atoms with van der Waals surface area (Å²) in [6.07, 6.45) is 0.987. The highest BCUT2D eigenvalue weighted by molar-refractivity contribution is 6.01. The van der Waals surface area contributed by atoms with E-state index in [9.17, 15) is 14.7 Å². The summed E-state index contributed by atoms with van der Waals surface area (Å²) in [5.41, 5.74) is 3.16. The Morgan fingerprint density at radius 3 is 2.71 bits per heavy atom. The lowest BCUT2D eigenvalue weighted by Crippen LogP contribution is -2.33. The molecular formula is C15H21N3O3. The average Bonchev–Trinajstić information content (AvgIpc) is 2.44. The second-order valence-corrected chi connectivity index (χ2v) is 4.89. The van der Waals surface area contributed by atoms with Gasteiger partial charge in [0.1, 0.15) is 5.75 Å². The van der Waals surface area contributed by atoms with Crippen LogP contribution in [0.2, 0.25) is 0 Å². The van der Waals surface area contributed by atoms with E-state index in [0.717, 1.165) is 6.42 Å². The molecule has 3 N–H and O–H groups in total. The molecule has 0 spiro atoms. The molecule has 0 saturated carbocycles. The number of rotatable bonds is 6. The van der Waals surface area contributed by atoms with Gasteiger partial charge in [-0.2, -0.15) is 5.10 Å². The second-order valence-electron chi connectivity index (χ2n) is 4.89. The molecule has 1 aromatic carbocycles. The highest BCUT2D eigenvalue weighted by Gasteiger charge is 2.08. The summed E-state index contributed by atoms with van der Waals surface area (Å²) in [6.45, 7) is 5.58. The molecule has 1 atom stereocenters. The lowest BCUT2D eigenvalue weighted by atomic mass is 10.2. The van der Waals surface area contributed by atoms with E-state index in [4.69, 9.17) is 0 Å². The van der Waals surface area contributed by atoms with Crippen molar-refractivity contribution in [1.82, 2.24) is 10.7 Å². The summed E-state index contributed by atoms with van der Waals surface area (Å²) in [5, 5.41) is 16.0. The Bertz CT molecular complexity index is 541. The van der Waals surface area contributed by atoms with Crippen LogP contribution in [0.5, 0.6) is 5.75 Å². The zero-order valence-corrected chi connectivity index (χ0v) is 12.5. The molecule has 21 heavy (non-hydrogen) atoms. The summed E-state index contributed by atoms with van der Waals surface area (Å²) in [7, 11) is 0. The Balaban J connectivity index is 2.52. The van der Waals surface area contributed by atoms with Gasteiger partial charge in [-0.05, 0) is 38.5 Å². The van der Waals surface area contributed by atoms with Gasteiger partial charge in [0.05, 0.1) is 6.42 Å². The monoisotopic (exact) mass is 291 g/mol. The van der Waals surface area contributed by atoms with Gasteiger partial charge in [-0.3, -0.25) is 9.59 Å². The Morgan fingerprint density at radius 2 is 2.10 bits per heavy atom. The first-order chi connectivity index (χ1) is 9.92. The van der Waals surface area contributed by atoms with Gasteiger partial charge in [-0.25, -0.2) is 5.43 Å². The summed E-state index contributed by atoms with van der Waals surface area (Å²) in [5.74, 6) is -0.555. The number of carbonyl (C=O) groups excluding carboxylic acids is 2. The van der Waals surface area contributed by atoms with Crippen LogP contribution in [0.1, 0.15) is 44.0 Å². The van der Waals surface area contributed by atoms with Crippen molar-refractivity contribution in [2.24, 2.45) is 5.10 Å². The van der Waals surface area contributed by atoms with Gasteiger partial charge in [0.25, 0.3) is 5.91 Å². The van der Waals surface area contributed by atoms with Gasteiger partial charge in [0, 0.05) is 17.3 Å². The molecule has 0 heterocycles. The van der Waals surface area contributed by atoms with Crippen molar-refractivity contribution in [3.63, 3.8) is 0 Å². The van der Waals surface area contributed by atoms with Gasteiger partial charge in [-0.15, -0.1) is 0 Å². The number of amides is 2. The molecule has 0 aliphatic carbocycles. The van der Waals surface area contributed by atoms with Crippen LogP contribution in [0.15, 0.2) is 29.4 Å². The summed E-state index contributed by atoms with van der Waals surface area (Å²) in [4.78, 5) is 23.4. The number of aromatic hydroxyl groups is 1. The van der Waals surface area contributed by atoms with E-state index in [0.29, 0.717) is 11.3 Å². The van der Waals surface area contributed by atoms with Crippen molar-refractivity contribution >= 4 is 17.5 Å². The molecular weight excluding hydrogens is 270 g/mol. The zero-order valence-electron chi connectivity index (χ0n) is 12.5. The predicted octanol–water partition coefficient (Wildman–Crippen LogP) is 1.80. The highest BCUT2D eigenvalue weighted by Crippen LogP contribution is 2.10. The van der Waals surface area contributed by atoms with E-state index in [2.05, 4.69) is 15.8 Å². The van der Waals surface area contributed by atoms with Crippen LogP contribution in [-0.4, -0.2) is 28.7 Å². The van der Waals surface area contributed by atoms with E-state index in [-0.39, 0.29) is 24.1 Å². The zero-order chi connectivity index (χ0) is 15.8. The number of benzene rings is 1. The Kier molecular flexibility index (Phi) is 6.39. The Hall–Kier alpha value is -2.37. The molecule has 0 radical (unpaired) electrons. The van der Waals surface area contributed by atoms with Gasteiger partial charge in [0.2, 0.25) is 5.91 Å². The van der Waals surface area contributed by atoms with Crippen molar-refractivity contribution < 1.29 is 14.7 Å². The average molecular weight is 291 g/mol. The molecule has 0 bridgehead atoms. The van der Waals surface area contributed by atoms with Crippen molar-refractivity contribution in [2.45, 2.75) is 39.7 Å². The Morgan fingerprint density at radius 1 is 1.38 bits per heavy atom. The standard InChI is InChI=1S/C15H21N3O3/c1-4-10(2)16-14(20)8-11(3)17-18-15(21)12-6-5-7-13(19)9-12/h5-7,9-10,19H,4,8H2,1-3H3,(H,16,20)(H,18,21)/b17-11+. The topological polar surface area (TPSA) is 90.8 Å². The molecule has 1 rings (SSSR count). The van der Waals surface area contributed by atoms with E-state index in [1.807, 2.05) is 13.8 Å². The van der Waals surface area contributed by atoms with Gasteiger partial charge in [-0.1, -0.05) is 13.0 Å². The van der Waals surface area contributed by atoms with E-state index in [1.54, 1.807) is 19.1 Å². The van der Waals surface area contributed by atoms with Crippen LogP contribution in [0.3, 0.4) is 0 Å². The smallest absolute Gasteiger partial charge is 0.271 e. The van der Waals surface area contributed by atoms with E-state index >= 15 is 0 Å². The van der Waals surface area contributed by atoms with Crippen LogP contribution in [0.4, 0.5) is 0 Å². The van der Waals surface area contributed by atoms with Crippen molar-refractivity contribution in [1.29, 1.82) is 0 Å². The number of nitrogens with zero attached hydrogens (tertiary/aromatic N) is 1. The maximum atomic E-state index is 11.8. The maximum absolute atomic E-state index is 11.8. The van der Waals surface area contributed by atoms with Crippen LogP contribution >= 0.6 is 0 Å². The first-order valence-electron chi connectivity index (χ1n) is 6.84. The minimum absolute atomic E-state index is 0.0104. The number of hydrogen-bond acceptors (Lipinski definition) is 4. The second kappa shape index (κ2) is 8.04. The molecule has 114 valence electrons. The van der Waals surface area contributed by atoms with Crippen molar-refractivity contribution in [3.05, 3.63) is 29.8 Å². The van der Waals surface area contributed by atoms with Gasteiger partial charge < -0.3 is 10.4 Å². The van der Waals surface area contributed by atoms with Crippen LogP contribution < -0.4 is 10.7 Å². The molecule has 0 fully saturated rings. The van der Waals surface area contributed by atoms with Gasteiger partial charge >= 0.3 is 0 Å². The minimum Gasteiger partial charge on any atom is -0.508 e. The number of hydrogen-bond donors (Lipinski definition) is 3. The molecule has 0 aromatic heterocycles. The molecule has 6 heteroatoms. The van der Waals surface area contributed by atoms with E-state index < -0.39 is 5.91 Å². The quantitative estimate of drug-likeness (QED) is 0.551. The van der Waals surface area contributed by atoms with Crippen molar-refractivity contribution in [2.75, 3.05) is 0 Å². The summed E-state index contributed by atoms with van der Waals surface area (Å²) >= 11 is 0. The largest absolute Gasteiger partial charge is 0.508 e. The number of nitrogens with one attached hydrogen (secondary N) is 2. The third kappa shape index (κ3) is 6.07. The number of hydrazone groups is 1. The summed E-state index contributed by atoms with van der Waals surface area (Å²) in [6, 6.07) is 6.07. The lowest BCUT2D eigenvalue weighted by molar-refractivity contribution is -0.120. The number of carbonyl (C=O) groups is 2. The minimum atomic E-state index is -0.437. The fourth-order valence-electron chi connectivity index (χ4n) is 1.56.